The van der Waals surface area contributed by atoms with Crippen LogP contribution in [0.2, 0.25) is 0 Å². The maximum atomic E-state index is 12.1. The Hall–Kier alpha value is -2.73. The lowest BCUT2D eigenvalue weighted by atomic mass is 9.72. The third-order valence-electron chi connectivity index (χ3n) is 6.20. The van der Waals surface area contributed by atoms with Crippen molar-refractivity contribution >= 4 is 6.09 Å². The number of nitrogens with zero attached hydrogens (tertiary/aromatic N) is 1. The predicted octanol–water partition coefficient (Wildman–Crippen LogP) is 3.87. The van der Waals surface area contributed by atoms with Crippen molar-refractivity contribution in [1.82, 2.24) is 4.90 Å². The maximum absolute atomic E-state index is 12.1. The second-order valence-corrected chi connectivity index (χ2v) is 8.08. The molecule has 0 bridgehead atoms. The van der Waals surface area contributed by atoms with Crippen LogP contribution < -0.4 is 9.47 Å². The largest absolute Gasteiger partial charge is 0.493 e. The predicted molar refractivity (Wildman–Crippen MR) is 115 cm³/mol. The van der Waals surface area contributed by atoms with E-state index in [0.717, 1.165) is 12.0 Å². The van der Waals surface area contributed by atoms with Gasteiger partial charge in [-0.3, -0.25) is 0 Å². The summed E-state index contributed by atoms with van der Waals surface area (Å²) in [6.45, 7) is 5.21. The van der Waals surface area contributed by atoms with Crippen LogP contribution >= 0.6 is 0 Å². The van der Waals surface area contributed by atoms with Crippen LogP contribution in [0.4, 0.5) is 4.79 Å². The Morgan fingerprint density at radius 1 is 1.20 bits per heavy atom. The highest BCUT2D eigenvalue weighted by atomic mass is 16.5. The number of aliphatic hydroxyl groups is 1. The van der Waals surface area contributed by atoms with Crippen molar-refractivity contribution in [3.63, 3.8) is 0 Å². The molecule has 1 aliphatic rings. The van der Waals surface area contributed by atoms with E-state index < -0.39 is 11.5 Å². The quantitative estimate of drug-likeness (QED) is 0.746. The van der Waals surface area contributed by atoms with Crippen LogP contribution in [0.1, 0.15) is 30.9 Å². The first-order valence-corrected chi connectivity index (χ1v) is 10.2. The number of carbonyl (C=O) groups is 1. The van der Waals surface area contributed by atoms with Crippen molar-refractivity contribution in [2.24, 2.45) is 5.41 Å². The summed E-state index contributed by atoms with van der Waals surface area (Å²) >= 11 is 0. The van der Waals surface area contributed by atoms with Crippen LogP contribution in [-0.2, 0) is 11.2 Å². The van der Waals surface area contributed by atoms with Crippen LogP contribution in [0.25, 0.3) is 0 Å². The molecule has 3 rings (SSSR count). The summed E-state index contributed by atoms with van der Waals surface area (Å²) in [5.41, 5.74) is 1.71. The van der Waals surface area contributed by atoms with Crippen molar-refractivity contribution in [3.05, 3.63) is 59.7 Å². The lowest BCUT2D eigenvalue weighted by molar-refractivity contribution is 0.0470. The van der Waals surface area contributed by atoms with Gasteiger partial charge in [-0.1, -0.05) is 43.3 Å². The highest BCUT2D eigenvalue weighted by Gasteiger charge is 2.48. The zero-order valence-corrected chi connectivity index (χ0v) is 18.1. The third-order valence-corrected chi connectivity index (χ3v) is 6.20. The third kappa shape index (κ3) is 4.54. The zero-order valence-electron chi connectivity index (χ0n) is 18.1. The Bertz CT molecular complexity index is 854. The zero-order chi connectivity index (χ0) is 21.7. The molecule has 1 saturated heterocycles. The minimum Gasteiger partial charge on any atom is -0.493 e. The van der Waals surface area contributed by atoms with Gasteiger partial charge in [-0.15, -0.1) is 0 Å². The molecule has 0 aromatic heterocycles. The molecule has 1 amide bonds. The van der Waals surface area contributed by atoms with Crippen LogP contribution in [-0.4, -0.2) is 56.1 Å². The van der Waals surface area contributed by atoms with Crippen LogP contribution in [0, 0.1) is 5.41 Å². The minimum absolute atomic E-state index is 0.0565. The van der Waals surface area contributed by atoms with Gasteiger partial charge < -0.3 is 24.2 Å². The molecule has 6 heteroatoms. The van der Waals surface area contributed by atoms with Crippen molar-refractivity contribution in [2.75, 3.05) is 33.9 Å². The fourth-order valence-corrected chi connectivity index (χ4v) is 4.14. The van der Waals surface area contributed by atoms with Crippen molar-refractivity contribution in [1.29, 1.82) is 0 Å². The molecule has 2 aromatic rings. The molecule has 162 valence electrons. The van der Waals surface area contributed by atoms with Gasteiger partial charge in [-0.2, -0.15) is 0 Å². The average molecular weight is 414 g/mol. The Morgan fingerprint density at radius 3 is 2.57 bits per heavy atom. The van der Waals surface area contributed by atoms with Gasteiger partial charge in [0.15, 0.2) is 11.5 Å². The molecule has 0 spiro atoms. The van der Waals surface area contributed by atoms with E-state index >= 15 is 0 Å². The minimum atomic E-state index is -0.596. The van der Waals surface area contributed by atoms with Gasteiger partial charge in [0.25, 0.3) is 0 Å². The Labute approximate surface area is 178 Å². The molecule has 1 heterocycles. The highest BCUT2D eigenvalue weighted by molar-refractivity contribution is 5.68. The van der Waals surface area contributed by atoms with Crippen molar-refractivity contribution < 1.29 is 24.1 Å². The molecule has 3 atom stereocenters. The number of aliphatic hydroxyl groups excluding tert-OH is 1. The monoisotopic (exact) mass is 413 g/mol. The van der Waals surface area contributed by atoms with Gasteiger partial charge in [0.05, 0.1) is 26.9 Å². The van der Waals surface area contributed by atoms with E-state index in [9.17, 15) is 9.90 Å². The Morgan fingerprint density at radius 2 is 1.93 bits per heavy atom. The topological polar surface area (TPSA) is 68.2 Å². The van der Waals surface area contributed by atoms with Gasteiger partial charge in [0.1, 0.15) is 0 Å². The fraction of sp³-hybridized carbons (Fsp3) is 0.458. The maximum Gasteiger partial charge on any atom is 0.409 e. The summed E-state index contributed by atoms with van der Waals surface area (Å²) < 4.78 is 16.5. The summed E-state index contributed by atoms with van der Waals surface area (Å²) in [6.07, 6.45) is -0.182. The van der Waals surface area contributed by atoms with Crippen LogP contribution in [0.5, 0.6) is 11.5 Å². The summed E-state index contributed by atoms with van der Waals surface area (Å²) in [7, 11) is 3.00. The van der Waals surface area contributed by atoms with Crippen molar-refractivity contribution in [2.45, 2.75) is 32.3 Å². The molecular formula is C24H31NO5. The smallest absolute Gasteiger partial charge is 0.409 e. The van der Waals surface area contributed by atoms with E-state index in [2.05, 4.69) is 12.1 Å². The number of likely N-dealkylation sites (tertiary alicyclic amines) is 1. The summed E-state index contributed by atoms with van der Waals surface area (Å²) in [5, 5.41) is 10.5. The normalized spacial score (nSPS) is 21.9. The Balaban J connectivity index is 1.82. The number of carbonyl (C=O) groups excluding carboxylic acids is 1. The SMILES string of the molecule is COC(=O)N1C[C@H](c2ccc(OC)c(OCCc3ccccc3)c2)[C@@](C)([C@@H](C)O)C1. The standard InChI is InChI=1S/C24H31NO5/c1-17(26)24(2)16-25(23(27)29-4)15-20(24)19-10-11-21(28-3)22(14-19)30-13-12-18-8-6-5-7-9-18/h5-11,14,17,20,26H,12-13,15-16H2,1-4H3/t17-,20-,24-/m1/s1. The molecule has 0 saturated carbocycles. The molecule has 1 N–H and O–H groups in total. The lowest BCUT2D eigenvalue weighted by Gasteiger charge is -2.33. The van der Waals surface area contributed by atoms with E-state index in [1.165, 1.54) is 12.7 Å². The van der Waals surface area contributed by atoms with E-state index in [0.29, 0.717) is 31.2 Å². The molecular weight excluding hydrogens is 382 g/mol. The van der Waals surface area contributed by atoms with E-state index in [1.807, 2.05) is 43.3 Å². The van der Waals surface area contributed by atoms with Crippen molar-refractivity contribution in [3.8, 4) is 11.5 Å². The number of amides is 1. The molecule has 0 aliphatic carbocycles. The number of methoxy groups -OCH3 is 2. The number of rotatable bonds is 7. The molecule has 1 fully saturated rings. The molecule has 2 aromatic carbocycles. The average Bonchev–Trinajstić information content (AvgIpc) is 3.13. The first kappa shape index (κ1) is 22.0. The molecule has 0 radical (unpaired) electrons. The van der Waals surface area contributed by atoms with E-state index in [1.54, 1.807) is 18.9 Å². The van der Waals surface area contributed by atoms with Crippen LogP contribution in [0.3, 0.4) is 0 Å². The summed E-state index contributed by atoms with van der Waals surface area (Å²) in [5.74, 6) is 1.27. The van der Waals surface area contributed by atoms with Gasteiger partial charge in [-0.25, -0.2) is 4.79 Å². The number of benzene rings is 2. The second-order valence-electron chi connectivity index (χ2n) is 8.08. The van der Waals surface area contributed by atoms with Gasteiger partial charge >= 0.3 is 6.09 Å². The first-order valence-electron chi connectivity index (χ1n) is 10.2. The lowest BCUT2D eigenvalue weighted by Crippen LogP contribution is -2.38. The number of hydrogen-bond donors (Lipinski definition) is 1. The highest BCUT2D eigenvalue weighted by Crippen LogP contribution is 2.46. The molecule has 1 aliphatic heterocycles. The van der Waals surface area contributed by atoms with Gasteiger partial charge in [0.2, 0.25) is 0 Å². The van der Waals surface area contributed by atoms with E-state index in [-0.39, 0.29) is 12.0 Å². The number of ether oxygens (including phenoxy) is 3. The molecule has 6 nitrogen and oxygen atoms in total. The Kier molecular flexibility index (Phi) is 6.87. The summed E-state index contributed by atoms with van der Waals surface area (Å²) in [4.78, 5) is 13.8. The molecule has 30 heavy (non-hydrogen) atoms. The second kappa shape index (κ2) is 9.39. The van der Waals surface area contributed by atoms with Gasteiger partial charge in [0, 0.05) is 30.8 Å². The summed E-state index contributed by atoms with van der Waals surface area (Å²) in [6, 6.07) is 16.0. The molecule has 0 unspecified atom stereocenters. The first-order chi connectivity index (χ1) is 14.4. The van der Waals surface area contributed by atoms with Gasteiger partial charge in [-0.05, 0) is 30.2 Å². The van der Waals surface area contributed by atoms with E-state index in [4.69, 9.17) is 14.2 Å². The fourth-order valence-electron chi connectivity index (χ4n) is 4.14. The van der Waals surface area contributed by atoms with Crippen LogP contribution in [0.15, 0.2) is 48.5 Å². The number of hydrogen-bond acceptors (Lipinski definition) is 5.